The van der Waals surface area contributed by atoms with Crippen LogP contribution >= 0.6 is 0 Å². The van der Waals surface area contributed by atoms with Crippen molar-refractivity contribution in [1.29, 1.82) is 0 Å². The molecule has 0 saturated heterocycles. The van der Waals surface area contributed by atoms with E-state index in [1.54, 1.807) is 0 Å². The van der Waals surface area contributed by atoms with Crippen LogP contribution in [-0.4, -0.2) is 44.9 Å². The van der Waals surface area contributed by atoms with Crippen LogP contribution in [0.1, 0.15) is 26.7 Å². The maximum absolute atomic E-state index is 12.1. The van der Waals surface area contributed by atoms with E-state index >= 15 is 0 Å². The molecule has 0 rings (SSSR count). The molecule has 0 bridgehead atoms. The maximum atomic E-state index is 12.1. The molecule has 7 nitrogen and oxygen atoms in total. The molecule has 0 aromatic heterocycles. The van der Waals surface area contributed by atoms with E-state index in [9.17, 15) is 34.8 Å². The van der Waals surface area contributed by atoms with Gasteiger partial charge in [0, 0.05) is 13.5 Å². The summed E-state index contributed by atoms with van der Waals surface area (Å²) in [6.07, 6.45) is 0.0648. The zero-order chi connectivity index (χ0) is 16.4. The maximum Gasteiger partial charge on any atom is 0.524 e. The molecule has 0 amide bonds. The number of aldehydes is 1. The van der Waals surface area contributed by atoms with Crippen LogP contribution in [0.5, 0.6) is 0 Å². The van der Waals surface area contributed by atoms with E-state index in [1.807, 2.05) is 0 Å². The summed E-state index contributed by atoms with van der Waals surface area (Å²) >= 11 is 0. The molecule has 0 aliphatic heterocycles. The number of carbonyl (C=O) groups is 1. The normalized spacial score (nSPS) is 14.6. The molecule has 0 aromatic carbocycles. The van der Waals surface area contributed by atoms with Gasteiger partial charge in [0.25, 0.3) is 0 Å². The van der Waals surface area contributed by atoms with Gasteiger partial charge in [0.05, 0.1) is 4.75 Å². The summed E-state index contributed by atoms with van der Waals surface area (Å²) in [5.41, 5.74) is -5.75. The highest BCUT2D eigenvalue weighted by atomic mass is 32.2. The van der Waals surface area contributed by atoms with Crippen molar-refractivity contribution in [1.82, 2.24) is 4.47 Å². The van der Waals surface area contributed by atoms with Crippen LogP contribution < -0.4 is 0 Å². The van der Waals surface area contributed by atoms with Crippen molar-refractivity contribution in [3.63, 3.8) is 0 Å². The first kappa shape index (κ1) is 19.3. The summed E-state index contributed by atoms with van der Waals surface area (Å²) in [6.45, 7) is 2.26. The van der Waals surface area contributed by atoms with Gasteiger partial charge in [-0.25, -0.2) is 8.42 Å². The molecule has 0 aliphatic carbocycles. The SMILES string of the molecule is CN(OS(=O)(=O)C(F)(F)F)S(=O)(=O)C(C)(C)CCC=O. The summed E-state index contributed by atoms with van der Waals surface area (Å²) in [7, 11) is -10.1. The molecule has 0 aliphatic rings. The fourth-order valence-corrected chi connectivity index (χ4v) is 3.10. The smallest absolute Gasteiger partial charge is 0.303 e. The second-order valence-electron chi connectivity index (χ2n) is 4.35. The van der Waals surface area contributed by atoms with Crippen LogP contribution in [0, 0.1) is 0 Å². The fraction of sp³-hybridized carbons (Fsp3) is 0.875. The van der Waals surface area contributed by atoms with Crippen molar-refractivity contribution in [2.75, 3.05) is 7.05 Å². The molecule has 0 spiro atoms. The highest BCUT2D eigenvalue weighted by Crippen LogP contribution is 2.30. The van der Waals surface area contributed by atoms with E-state index in [-0.39, 0.29) is 17.3 Å². The van der Waals surface area contributed by atoms with Crippen LogP contribution in [-0.2, 0) is 29.2 Å². The predicted molar refractivity (Wildman–Crippen MR) is 62.1 cm³/mol. The van der Waals surface area contributed by atoms with E-state index < -0.39 is 30.4 Å². The zero-order valence-electron chi connectivity index (χ0n) is 10.8. The second-order valence-corrected chi connectivity index (χ2v) is 8.44. The Balaban J connectivity index is 5.30. The molecule has 0 heterocycles. The minimum Gasteiger partial charge on any atom is -0.303 e. The summed E-state index contributed by atoms with van der Waals surface area (Å²) in [5, 5.41) is 0. The topological polar surface area (TPSA) is 97.8 Å². The molecule has 12 heteroatoms. The largest absolute Gasteiger partial charge is 0.524 e. The fourth-order valence-electron chi connectivity index (χ4n) is 1.10. The van der Waals surface area contributed by atoms with E-state index in [0.29, 0.717) is 13.3 Å². The first-order valence-corrected chi connectivity index (χ1v) is 7.97. The third-order valence-corrected chi connectivity index (χ3v) is 5.82. The number of carbonyl (C=O) groups excluding carboxylic acids is 1. The molecule has 0 aromatic rings. The molecule has 0 atom stereocenters. The quantitative estimate of drug-likeness (QED) is 0.386. The Kier molecular flexibility index (Phi) is 5.74. The first-order valence-electron chi connectivity index (χ1n) is 5.12. The zero-order valence-corrected chi connectivity index (χ0v) is 12.5. The second kappa shape index (κ2) is 5.95. The molecule has 0 saturated carbocycles. The number of hydroxylamine groups is 1. The van der Waals surface area contributed by atoms with Gasteiger partial charge >= 0.3 is 15.6 Å². The lowest BCUT2D eigenvalue weighted by atomic mass is 10.1. The molecule has 120 valence electrons. The summed E-state index contributed by atoms with van der Waals surface area (Å²) < 4.78 is 83.1. The molecular weight excluding hydrogens is 327 g/mol. The lowest BCUT2D eigenvalue weighted by molar-refractivity contribution is -0.108. The third kappa shape index (κ3) is 4.14. The van der Waals surface area contributed by atoms with E-state index in [4.69, 9.17) is 0 Å². The van der Waals surface area contributed by atoms with E-state index in [2.05, 4.69) is 4.28 Å². The Morgan fingerprint density at radius 3 is 1.95 bits per heavy atom. The van der Waals surface area contributed by atoms with Crippen LogP contribution in [0.2, 0.25) is 0 Å². The number of hydrogen-bond donors (Lipinski definition) is 0. The number of nitrogens with zero attached hydrogens (tertiary/aromatic N) is 1. The van der Waals surface area contributed by atoms with Gasteiger partial charge in [-0.1, -0.05) is 4.47 Å². The Morgan fingerprint density at radius 2 is 1.60 bits per heavy atom. The Hall–Kier alpha value is -0.720. The third-order valence-electron chi connectivity index (χ3n) is 2.39. The lowest BCUT2D eigenvalue weighted by Crippen LogP contribution is -2.45. The minimum atomic E-state index is -6.08. The number of alkyl halides is 3. The number of halogens is 3. The monoisotopic (exact) mass is 341 g/mol. The molecule has 0 radical (unpaired) electrons. The lowest BCUT2D eigenvalue weighted by Gasteiger charge is -2.28. The van der Waals surface area contributed by atoms with Crippen molar-refractivity contribution < 1.29 is 39.1 Å². The molecule has 0 N–H and O–H groups in total. The van der Waals surface area contributed by atoms with Crippen molar-refractivity contribution in [2.24, 2.45) is 0 Å². The van der Waals surface area contributed by atoms with Gasteiger partial charge in [-0.15, -0.1) is 0 Å². The average Bonchev–Trinajstić information content (AvgIpc) is 2.23. The number of sulfonamides is 1. The van der Waals surface area contributed by atoms with Crippen molar-refractivity contribution in [3.05, 3.63) is 0 Å². The van der Waals surface area contributed by atoms with Crippen molar-refractivity contribution in [2.45, 2.75) is 36.9 Å². The number of rotatable bonds is 7. The van der Waals surface area contributed by atoms with Crippen molar-refractivity contribution >= 4 is 26.4 Å². The van der Waals surface area contributed by atoms with Crippen molar-refractivity contribution in [3.8, 4) is 0 Å². The van der Waals surface area contributed by atoms with Crippen LogP contribution in [0.3, 0.4) is 0 Å². The average molecular weight is 341 g/mol. The van der Waals surface area contributed by atoms with Gasteiger partial charge in [0.1, 0.15) is 6.29 Å². The van der Waals surface area contributed by atoms with Crippen LogP contribution in [0.4, 0.5) is 13.2 Å². The summed E-state index contributed by atoms with van der Waals surface area (Å²) in [6, 6.07) is 0. The van der Waals surface area contributed by atoms with Crippen LogP contribution in [0.25, 0.3) is 0 Å². The molecule has 0 fully saturated rings. The van der Waals surface area contributed by atoms with Gasteiger partial charge in [0.2, 0.25) is 10.0 Å². The molecule has 20 heavy (non-hydrogen) atoms. The van der Waals surface area contributed by atoms with Gasteiger partial charge in [-0.05, 0) is 20.3 Å². The predicted octanol–water partition coefficient (Wildman–Crippen LogP) is 0.787. The standard InChI is InChI=1S/C8H14F3NO6S2/c1-7(2,5-4-6-13)19(14,15)12(3)18-20(16,17)8(9,10)11/h6H,4-5H2,1-3H3. The Morgan fingerprint density at radius 1 is 1.15 bits per heavy atom. The van der Waals surface area contributed by atoms with E-state index in [0.717, 1.165) is 13.8 Å². The molecule has 0 unspecified atom stereocenters. The minimum absolute atomic E-state index is 0.161. The highest BCUT2D eigenvalue weighted by Gasteiger charge is 2.51. The Bertz CT molecular complexity index is 551. The number of hydrogen-bond acceptors (Lipinski definition) is 6. The first-order chi connectivity index (χ1) is 8.69. The summed E-state index contributed by atoms with van der Waals surface area (Å²) in [4.78, 5) is 10.2. The van der Waals surface area contributed by atoms with Crippen LogP contribution in [0.15, 0.2) is 0 Å². The van der Waals surface area contributed by atoms with Gasteiger partial charge in [0.15, 0.2) is 0 Å². The van der Waals surface area contributed by atoms with E-state index in [1.165, 1.54) is 0 Å². The van der Waals surface area contributed by atoms with Gasteiger partial charge in [-0.3, -0.25) is 0 Å². The summed E-state index contributed by atoms with van der Waals surface area (Å²) in [5.74, 6) is 0. The van der Waals surface area contributed by atoms with Gasteiger partial charge in [-0.2, -0.15) is 25.9 Å². The molecular formula is C8H14F3NO6S2. The van der Waals surface area contributed by atoms with Gasteiger partial charge < -0.3 is 4.79 Å². The Labute approximate surface area is 114 Å². The highest BCUT2D eigenvalue weighted by molar-refractivity contribution is 7.91.